The first kappa shape index (κ1) is 22.2. The van der Waals surface area contributed by atoms with Gasteiger partial charge in [0.1, 0.15) is 0 Å². The van der Waals surface area contributed by atoms with Gasteiger partial charge in [0.05, 0.1) is 21.0 Å². The average Bonchev–Trinajstić information content (AvgIpc) is 2.54. The van der Waals surface area contributed by atoms with Gasteiger partial charge in [-0.25, -0.2) is 8.42 Å². The van der Waals surface area contributed by atoms with Crippen molar-refractivity contribution in [3.63, 3.8) is 0 Å². The maximum absolute atomic E-state index is 12.0. The molecule has 2 aromatic rings. The zero-order chi connectivity index (χ0) is 17.9. The highest BCUT2D eigenvalue weighted by Crippen LogP contribution is 2.36. The minimum atomic E-state index is -3.45. The van der Waals surface area contributed by atoms with E-state index in [4.69, 9.17) is 23.2 Å². The summed E-state index contributed by atoms with van der Waals surface area (Å²) in [5.41, 5.74) is 1.14. The van der Waals surface area contributed by atoms with Crippen molar-refractivity contribution in [2.75, 3.05) is 19.8 Å². The molecular formula is C17H20Cl3NO3S. The van der Waals surface area contributed by atoms with E-state index in [1.54, 1.807) is 43.4 Å². The van der Waals surface area contributed by atoms with Gasteiger partial charge in [-0.15, -0.1) is 12.4 Å². The summed E-state index contributed by atoms with van der Waals surface area (Å²) in [4.78, 5) is 0.124. The zero-order valence-corrected chi connectivity index (χ0v) is 16.9. The summed E-state index contributed by atoms with van der Waals surface area (Å²) in [5.74, 6) is -0.382. The van der Waals surface area contributed by atoms with E-state index in [0.29, 0.717) is 22.2 Å². The maximum Gasteiger partial charge on any atom is 0.175 e. The molecule has 0 heterocycles. The predicted octanol–water partition coefficient (Wildman–Crippen LogP) is 3.86. The van der Waals surface area contributed by atoms with Gasteiger partial charge in [0, 0.05) is 18.7 Å². The number of sulfone groups is 1. The van der Waals surface area contributed by atoms with Crippen molar-refractivity contribution in [2.24, 2.45) is 0 Å². The molecule has 0 aliphatic heterocycles. The van der Waals surface area contributed by atoms with Crippen molar-refractivity contribution >= 4 is 45.4 Å². The highest BCUT2D eigenvalue weighted by atomic mass is 35.5. The van der Waals surface area contributed by atoms with Gasteiger partial charge in [-0.05, 0) is 36.4 Å². The Morgan fingerprint density at radius 1 is 1.12 bits per heavy atom. The topological polar surface area (TPSA) is 66.4 Å². The quantitative estimate of drug-likeness (QED) is 0.739. The predicted molar refractivity (Wildman–Crippen MR) is 105 cm³/mol. The maximum atomic E-state index is 12.0. The van der Waals surface area contributed by atoms with Crippen molar-refractivity contribution in [1.82, 2.24) is 5.32 Å². The Morgan fingerprint density at radius 3 is 2.32 bits per heavy atom. The van der Waals surface area contributed by atoms with E-state index in [0.717, 1.165) is 11.8 Å². The van der Waals surface area contributed by atoms with E-state index in [-0.39, 0.29) is 23.2 Å². The van der Waals surface area contributed by atoms with Crippen LogP contribution < -0.4 is 5.32 Å². The van der Waals surface area contributed by atoms with Crippen molar-refractivity contribution in [3.05, 3.63) is 63.6 Å². The fraction of sp³-hybridized carbons (Fsp3) is 0.294. The molecular weight excluding hydrogens is 405 g/mol. The molecule has 0 fully saturated rings. The van der Waals surface area contributed by atoms with Crippen LogP contribution in [0.5, 0.6) is 0 Å². The lowest BCUT2D eigenvalue weighted by atomic mass is 9.89. The van der Waals surface area contributed by atoms with Crippen LogP contribution in [0.25, 0.3) is 0 Å². The Hall–Kier alpha value is -0.820. The number of hydrogen-bond donors (Lipinski definition) is 2. The first-order valence-corrected chi connectivity index (χ1v) is 9.97. The number of halogens is 3. The number of likely N-dealkylation sites (N-methyl/N-ethyl adjacent to an activating group) is 1. The molecule has 0 aromatic heterocycles. The van der Waals surface area contributed by atoms with E-state index < -0.39 is 15.9 Å². The molecule has 0 radical (unpaired) electrons. The van der Waals surface area contributed by atoms with Crippen LogP contribution in [0.15, 0.2) is 47.4 Å². The first-order chi connectivity index (χ1) is 11.3. The number of rotatable bonds is 6. The summed E-state index contributed by atoms with van der Waals surface area (Å²) in [6.07, 6.45) is 0.116. The van der Waals surface area contributed by atoms with Crippen molar-refractivity contribution in [2.45, 2.75) is 16.9 Å². The Bertz CT molecular complexity index is 828. The highest BCUT2D eigenvalue weighted by Gasteiger charge is 2.27. The second kappa shape index (κ2) is 9.21. The van der Waals surface area contributed by atoms with E-state index in [1.807, 2.05) is 0 Å². The summed E-state index contributed by atoms with van der Waals surface area (Å²) in [5, 5.41) is 14.7. The van der Waals surface area contributed by atoms with Crippen LogP contribution in [0.4, 0.5) is 0 Å². The van der Waals surface area contributed by atoms with E-state index in [1.165, 1.54) is 6.07 Å². The van der Waals surface area contributed by atoms with Crippen LogP contribution in [0.3, 0.4) is 0 Å². The molecule has 2 atom stereocenters. The molecule has 2 rings (SSSR count). The van der Waals surface area contributed by atoms with Gasteiger partial charge in [-0.3, -0.25) is 0 Å². The van der Waals surface area contributed by atoms with Crippen LogP contribution in [0, 0.1) is 0 Å². The van der Waals surface area contributed by atoms with Gasteiger partial charge >= 0.3 is 0 Å². The molecule has 25 heavy (non-hydrogen) atoms. The van der Waals surface area contributed by atoms with Gasteiger partial charge in [0.15, 0.2) is 9.84 Å². The van der Waals surface area contributed by atoms with Crippen molar-refractivity contribution in [3.8, 4) is 0 Å². The standard InChI is InChI=1S/C17H19Cl2NO3S.ClH/c1-20-10-13(11-7-8-14(18)15(19)9-11)17(21)12-5-3-4-6-16(12)24(2,22)23;/h3-9,13,17,20-21H,10H2,1-2H3;1H/t13-,17+;/m1./s1. The number of benzene rings is 2. The molecule has 2 N–H and O–H groups in total. The normalized spacial score (nSPS) is 13.8. The molecule has 0 saturated carbocycles. The average molecular weight is 425 g/mol. The van der Waals surface area contributed by atoms with Gasteiger partial charge in [0.2, 0.25) is 0 Å². The molecule has 138 valence electrons. The van der Waals surface area contributed by atoms with E-state index in [2.05, 4.69) is 5.32 Å². The summed E-state index contributed by atoms with van der Waals surface area (Å²) < 4.78 is 24.0. The SMILES string of the molecule is CNC[C@H](c1ccc(Cl)c(Cl)c1)[C@@H](O)c1ccccc1S(C)(=O)=O.Cl. The molecule has 0 unspecified atom stereocenters. The molecule has 2 aromatic carbocycles. The molecule has 0 aliphatic carbocycles. The third-order valence-corrected chi connectivity index (χ3v) is 5.72. The van der Waals surface area contributed by atoms with Crippen LogP contribution in [0.2, 0.25) is 10.0 Å². The molecule has 0 aliphatic rings. The first-order valence-electron chi connectivity index (χ1n) is 7.32. The second-order valence-corrected chi connectivity index (χ2v) is 8.39. The lowest BCUT2D eigenvalue weighted by Crippen LogP contribution is -2.24. The van der Waals surface area contributed by atoms with Crippen LogP contribution in [0.1, 0.15) is 23.1 Å². The van der Waals surface area contributed by atoms with Crippen LogP contribution in [-0.2, 0) is 9.84 Å². The smallest absolute Gasteiger partial charge is 0.175 e. The largest absolute Gasteiger partial charge is 0.388 e. The lowest BCUT2D eigenvalue weighted by molar-refractivity contribution is 0.141. The number of nitrogens with one attached hydrogen (secondary N) is 1. The highest BCUT2D eigenvalue weighted by molar-refractivity contribution is 7.90. The fourth-order valence-corrected chi connectivity index (χ4v) is 3.90. The third-order valence-electron chi connectivity index (χ3n) is 3.81. The lowest BCUT2D eigenvalue weighted by Gasteiger charge is -2.25. The Morgan fingerprint density at radius 2 is 1.76 bits per heavy atom. The fourth-order valence-electron chi connectivity index (χ4n) is 2.65. The number of hydrogen-bond acceptors (Lipinski definition) is 4. The van der Waals surface area contributed by atoms with E-state index in [9.17, 15) is 13.5 Å². The molecule has 8 heteroatoms. The molecule has 0 amide bonds. The van der Waals surface area contributed by atoms with Crippen molar-refractivity contribution in [1.29, 1.82) is 0 Å². The number of aliphatic hydroxyl groups is 1. The number of aliphatic hydroxyl groups excluding tert-OH is 1. The molecule has 0 spiro atoms. The van der Waals surface area contributed by atoms with Gasteiger partial charge < -0.3 is 10.4 Å². The molecule has 0 saturated heterocycles. The summed E-state index contributed by atoms with van der Waals surface area (Å²) in [6.45, 7) is 0.442. The van der Waals surface area contributed by atoms with Gasteiger partial charge in [-0.2, -0.15) is 0 Å². The Labute approximate surface area is 164 Å². The zero-order valence-electron chi connectivity index (χ0n) is 13.7. The second-order valence-electron chi connectivity index (χ2n) is 5.59. The molecule has 0 bridgehead atoms. The van der Waals surface area contributed by atoms with Gasteiger partial charge in [0.25, 0.3) is 0 Å². The van der Waals surface area contributed by atoms with Crippen molar-refractivity contribution < 1.29 is 13.5 Å². The van der Waals surface area contributed by atoms with Crippen LogP contribution >= 0.6 is 35.6 Å². The molecule has 4 nitrogen and oxygen atoms in total. The monoisotopic (exact) mass is 423 g/mol. The minimum Gasteiger partial charge on any atom is -0.388 e. The minimum absolute atomic E-state index is 0. The van der Waals surface area contributed by atoms with E-state index >= 15 is 0 Å². The third kappa shape index (κ3) is 5.33. The van der Waals surface area contributed by atoms with Gasteiger partial charge in [-0.1, -0.05) is 47.5 Å². The summed E-state index contributed by atoms with van der Waals surface area (Å²) in [7, 11) is -1.69. The summed E-state index contributed by atoms with van der Waals surface area (Å²) in [6, 6.07) is 11.6. The Kier molecular flexibility index (Phi) is 8.19. The summed E-state index contributed by atoms with van der Waals surface area (Å²) >= 11 is 12.0. The van der Waals surface area contributed by atoms with Crippen LogP contribution in [-0.4, -0.2) is 33.4 Å². The Balaban J connectivity index is 0.00000312.